The lowest BCUT2D eigenvalue weighted by Crippen LogP contribution is -2.25. The van der Waals surface area contributed by atoms with Crippen molar-refractivity contribution in [1.29, 1.82) is 0 Å². The first-order valence-corrected chi connectivity index (χ1v) is 10.3. The minimum Gasteiger partial charge on any atom is -0.422 e. The predicted octanol–water partition coefficient (Wildman–Crippen LogP) is 4.13. The highest BCUT2D eigenvalue weighted by Crippen LogP contribution is 2.33. The summed E-state index contributed by atoms with van der Waals surface area (Å²) < 4.78 is 30.9. The molecule has 1 amide bonds. The van der Waals surface area contributed by atoms with Crippen LogP contribution in [0.4, 0.5) is 15.0 Å². The summed E-state index contributed by atoms with van der Waals surface area (Å²) in [5.41, 5.74) is 0.757. The third kappa shape index (κ3) is 4.92. The molecule has 0 saturated heterocycles. The van der Waals surface area contributed by atoms with E-state index in [0.29, 0.717) is 16.5 Å². The topological polar surface area (TPSA) is 96.7 Å². The number of carbonyl (C=O) groups excluding carboxylic acids is 1. The first-order chi connectivity index (χ1) is 14.7. The van der Waals surface area contributed by atoms with E-state index in [1.165, 1.54) is 37.3 Å². The second-order valence-corrected chi connectivity index (χ2v) is 7.98. The van der Waals surface area contributed by atoms with E-state index in [1.807, 2.05) is 0 Å². The van der Waals surface area contributed by atoms with E-state index < -0.39 is 17.5 Å². The molecule has 0 saturated carbocycles. The number of amides is 1. The fourth-order valence-corrected chi connectivity index (χ4v) is 3.38. The Morgan fingerprint density at radius 1 is 1.39 bits per heavy atom. The number of carbonyl (C=O) groups is 1. The van der Waals surface area contributed by atoms with Gasteiger partial charge in [0.2, 0.25) is 0 Å². The van der Waals surface area contributed by atoms with Crippen LogP contribution in [-0.2, 0) is 6.42 Å². The number of halogens is 2. The molecule has 31 heavy (non-hydrogen) atoms. The van der Waals surface area contributed by atoms with Gasteiger partial charge in [-0.05, 0) is 37.2 Å². The summed E-state index contributed by atoms with van der Waals surface area (Å²) in [6, 6.07) is 4.45. The molecule has 2 N–H and O–H groups in total. The van der Waals surface area contributed by atoms with Crippen LogP contribution in [0.5, 0.6) is 5.75 Å². The monoisotopic (exact) mass is 466 g/mol. The zero-order valence-electron chi connectivity index (χ0n) is 17.2. The van der Waals surface area contributed by atoms with Gasteiger partial charge in [-0.15, -0.1) is 0 Å². The highest BCUT2D eigenvalue weighted by atomic mass is 35.5. The highest BCUT2D eigenvalue weighted by Gasteiger charge is 2.19. The molecule has 0 aliphatic carbocycles. The van der Waals surface area contributed by atoms with Crippen molar-refractivity contribution in [3.05, 3.63) is 62.3 Å². The Balaban J connectivity index is 2.02. The highest BCUT2D eigenvalue weighted by molar-refractivity contribution is 7.98. The molecular weight excluding hydrogens is 447 g/mol. The van der Waals surface area contributed by atoms with Gasteiger partial charge < -0.3 is 14.1 Å². The number of aryl methyl sites for hydroxylation is 1. The number of aromatic nitrogens is 1. The zero-order valence-corrected chi connectivity index (χ0v) is 18.8. The summed E-state index contributed by atoms with van der Waals surface area (Å²) in [4.78, 5) is 29.7. The van der Waals surface area contributed by atoms with Crippen LogP contribution in [0.25, 0.3) is 11.0 Å². The molecule has 164 valence electrons. The number of hydrogen-bond acceptors (Lipinski definition) is 8. The molecule has 0 aliphatic heterocycles. The van der Waals surface area contributed by atoms with Crippen molar-refractivity contribution >= 4 is 46.6 Å². The fraction of sp³-hybridized carbons (Fsp3) is 0.250. The number of nitrogens with one attached hydrogen (secondary N) is 2. The summed E-state index contributed by atoms with van der Waals surface area (Å²) in [6.07, 6.45) is 0.842. The first kappa shape index (κ1) is 22.9. The Morgan fingerprint density at radius 3 is 2.81 bits per heavy atom. The number of hydrogen-bond donors (Lipinski definition) is 2. The van der Waals surface area contributed by atoms with Crippen molar-refractivity contribution in [3.8, 4) is 5.75 Å². The van der Waals surface area contributed by atoms with E-state index in [9.17, 15) is 14.0 Å². The van der Waals surface area contributed by atoms with Crippen LogP contribution < -0.4 is 19.8 Å². The molecule has 3 aromatic rings. The van der Waals surface area contributed by atoms with E-state index >= 15 is 0 Å². The number of nitrogens with zero attached hydrogens (tertiary/aromatic N) is 2. The molecule has 0 fully saturated rings. The molecule has 0 spiro atoms. The van der Waals surface area contributed by atoms with E-state index in [2.05, 4.69) is 14.4 Å². The SMILES string of the molecule is CNSNc1nccc(Cc2c(C)c3cc(Cl)c(OC(=O)N(C)C)cc3oc2=O)c1F. The molecule has 0 unspecified atom stereocenters. The van der Waals surface area contributed by atoms with Crippen LogP contribution in [0.15, 0.2) is 33.6 Å². The first-order valence-electron chi connectivity index (χ1n) is 9.09. The molecular formula is C20H20ClFN4O4S. The van der Waals surface area contributed by atoms with Crippen molar-refractivity contribution < 1.29 is 18.3 Å². The van der Waals surface area contributed by atoms with Crippen LogP contribution in [0.3, 0.4) is 0 Å². The average Bonchev–Trinajstić information content (AvgIpc) is 2.72. The fourth-order valence-electron chi connectivity index (χ4n) is 2.84. The van der Waals surface area contributed by atoms with E-state index in [4.69, 9.17) is 20.8 Å². The molecule has 0 radical (unpaired) electrons. The Morgan fingerprint density at radius 2 is 2.13 bits per heavy atom. The third-order valence-corrected chi connectivity index (χ3v) is 5.28. The number of ether oxygens (including phenoxy) is 1. The van der Waals surface area contributed by atoms with Crippen molar-refractivity contribution in [3.63, 3.8) is 0 Å². The smallest absolute Gasteiger partial charge is 0.414 e. The average molecular weight is 467 g/mol. The lowest BCUT2D eigenvalue weighted by Gasteiger charge is -2.14. The lowest BCUT2D eigenvalue weighted by molar-refractivity contribution is 0.172. The maximum atomic E-state index is 14.8. The molecule has 1 aromatic carbocycles. The molecule has 0 bridgehead atoms. The van der Waals surface area contributed by atoms with Crippen LogP contribution in [0, 0.1) is 12.7 Å². The van der Waals surface area contributed by atoms with Gasteiger partial charge in [-0.3, -0.25) is 4.72 Å². The number of benzene rings is 1. The minimum absolute atomic E-state index is 0.00630. The van der Waals surface area contributed by atoms with Gasteiger partial charge in [-0.2, -0.15) is 0 Å². The van der Waals surface area contributed by atoms with Gasteiger partial charge in [0, 0.05) is 55.9 Å². The number of anilines is 1. The maximum absolute atomic E-state index is 14.8. The molecule has 8 nitrogen and oxygen atoms in total. The molecule has 0 atom stereocenters. The third-order valence-electron chi connectivity index (χ3n) is 4.49. The zero-order chi connectivity index (χ0) is 22.7. The minimum atomic E-state index is -0.619. The van der Waals surface area contributed by atoms with Gasteiger partial charge in [0.1, 0.15) is 5.58 Å². The van der Waals surface area contributed by atoms with Crippen LogP contribution in [0.2, 0.25) is 5.02 Å². The second-order valence-electron chi connectivity index (χ2n) is 6.75. The maximum Gasteiger partial charge on any atom is 0.414 e. The summed E-state index contributed by atoms with van der Waals surface area (Å²) in [5.74, 6) is -0.440. The van der Waals surface area contributed by atoms with Crippen LogP contribution in [-0.4, -0.2) is 37.1 Å². The van der Waals surface area contributed by atoms with Crippen molar-refractivity contribution in [2.24, 2.45) is 0 Å². The summed E-state index contributed by atoms with van der Waals surface area (Å²) in [6.45, 7) is 1.73. The van der Waals surface area contributed by atoms with Crippen LogP contribution >= 0.6 is 23.7 Å². The largest absolute Gasteiger partial charge is 0.422 e. The standard InChI is InChI=1S/C20H20ClFN4O4S/c1-10-12-8-14(21)16(30-20(28)26(3)4)9-15(12)29-19(27)13(10)7-11-5-6-24-18(17(11)22)25-31-23-2/h5-6,8-9,23H,7H2,1-4H3,(H,24,25). The summed E-state index contributed by atoms with van der Waals surface area (Å²) in [7, 11) is 4.75. The Bertz CT molecular complexity index is 1200. The van der Waals surface area contributed by atoms with Crippen molar-refractivity contribution in [2.45, 2.75) is 13.3 Å². The lowest BCUT2D eigenvalue weighted by atomic mass is 10.00. The Kier molecular flexibility index (Phi) is 7.04. The number of rotatable bonds is 6. The molecule has 3 rings (SSSR count). The second kappa shape index (κ2) is 9.54. The van der Waals surface area contributed by atoms with Crippen molar-refractivity contribution in [2.75, 3.05) is 25.9 Å². The van der Waals surface area contributed by atoms with Gasteiger partial charge in [0.15, 0.2) is 17.4 Å². The molecule has 11 heteroatoms. The van der Waals surface area contributed by atoms with Gasteiger partial charge in [0.25, 0.3) is 0 Å². The molecule has 2 aromatic heterocycles. The van der Waals surface area contributed by atoms with E-state index in [0.717, 1.165) is 12.1 Å². The molecule has 0 aliphatic rings. The van der Waals surface area contributed by atoms with Crippen molar-refractivity contribution in [1.82, 2.24) is 14.6 Å². The normalized spacial score (nSPS) is 10.9. The number of pyridine rings is 1. The quantitative estimate of drug-likeness (QED) is 0.413. The summed E-state index contributed by atoms with van der Waals surface area (Å²) in [5, 5.41) is 0.735. The number of fused-ring (bicyclic) bond motifs is 1. The van der Waals surface area contributed by atoms with Gasteiger partial charge >= 0.3 is 11.7 Å². The predicted molar refractivity (Wildman–Crippen MR) is 119 cm³/mol. The van der Waals surface area contributed by atoms with Gasteiger partial charge in [-0.1, -0.05) is 11.6 Å². The van der Waals surface area contributed by atoms with Crippen LogP contribution in [0.1, 0.15) is 16.7 Å². The molecule has 2 heterocycles. The Labute approximate surface area is 187 Å². The van der Waals surface area contributed by atoms with Gasteiger partial charge in [-0.25, -0.2) is 23.7 Å². The van der Waals surface area contributed by atoms with E-state index in [1.54, 1.807) is 20.0 Å². The summed E-state index contributed by atoms with van der Waals surface area (Å²) >= 11 is 7.34. The Hall–Kier alpha value is -2.82. The van der Waals surface area contributed by atoms with Gasteiger partial charge in [0.05, 0.1) is 5.02 Å². The van der Waals surface area contributed by atoms with E-state index in [-0.39, 0.29) is 34.2 Å².